The minimum absolute atomic E-state index is 0.262. The molecule has 7 nitrogen and oxygen atoms in total. The van der Waals surface area contributed by atoms with Gasteiger partial charge in [-0.05, 0) is 25.0 Å². The van der Waals surface area contributed by atoms with Gasteiger partial charge in [0.05, 0.1) is 36.3 Å². The quantitative estimate of drug-likeness (QED) is 0.361. The standard InChI is InChI=1S/C27H36F3NO6S/c1-15-7-6-8-18(27(28,29)30)9-10-20(16(2)11-19-14-38-22(13-32)31-19)37-23(34)12-21(33)26(4,5)25(36)17(3)24(15)35/h6-7,9,11,14-15,17,20-21,24,32-33,35H,8,10,12-13H2,1-5H3/t15-,17+,20?,21-,24-/m0/s1. The number of halogens is 3. The summed E-state index contributed by atoms with van der Waals surface area (Å²) in [7, 11) is 0. The molecule has 0 amide bonds. The van der Waals surface area contributed by atoms with E-state index in [2.05, 4.69) is 4.98 Å². The predicted molar refractivity (Wildman–Crippen MR) is 138 cm³/mol. The van der Waals surface area contributed by atoms with Crippen LogP contribution in [0.2, 0.25) is 0 Å². The third-order valence-electron chi connectivity index (χ3n) is 6.87. The van der Waals surface area contributed by atoms with Crippen LogP contribution in [0.15, 0.2) is 34.8 Å². The number of ether oxygens (including phenoxy) is 1. The molecule has 0 spiro atoms. The number of allylic oxidation sites excluding steroid dienone is 2. The average molecular weight is 560 g/mol. The van der Waals surface area contributed by atoms with E-state index in [1.807, 2.05) is 0 Å². The van der Waals surface area contributed by atoms with E-state index in [0.29, 0.717) is 16.3 Å². The number of carbonyl (C=O) groups is 2. The number of nitrogens with zero attached hydrogens (tertiary/aromatic N) is 1. The molecule has 0 saturated carbocycles. The summed E-state index contributed by atoms with van der Waals surface area (Å²) in [5.74, 6) is -2.94. The second-order valence-electron chi connectivity index (χ2n) is 10.2. The van der Waals surface area contributed by atoms with E-state index >= 15 is 0 Å². The molecule has 1 aliphatic heterocycles. The Morgan fingerprint density at radius 1 is 1.26 bits per heavy atom. The van der Waals surface area contributed by atoms with Crippen LogP contribution in [-0.4, -0.2) is 56.5 Å². The van der Waals surface area contributed by atoms with Gasteiger partial charge in [0.25, 0.3) is 0 Å². The van der Waals surface area contributed by atoms with Crippen molar-refractivity contribution in [3.63, 3.8) is 0 Å². The number of thiazole rings is 1. The van der Waals surface area contributed by atoms with Crippen molar-refractivity contribution in [2.75, 3.05) is 0 Å². The fraction of sp³-hybridized carbons (Fsp3) is 0.593. The van der Waals surface area contributed by atoms with Gasteiger partial charge in [-0.15, -0.1) is 11.3 Å². The molecule has 0 aromatic carbocycles. The molecule has 11 heteroatoms. The lowest BCUT2D eigenvalue weighted by Gasteiger charge is -2.34. The second-order valence-corrected chi connectivity index (χ2v) is 11.2. The van der Waals surface area contributed by atoms with E-state index in [1.54, 1.807) is 25.3 Å². The zero-order chi connectivity index (χ0) is 28.8. The number of aromatic nitrogens is 1. The normalized spacial score (nSPS) is 28.7. The first kappa shape index (κ1) is 31.9. The number of aliphatic hydroxyl groups is 3. The van der Waals surface area contributed by atoms with Gasteiger partial charge in [0.2, 0.25) is 0 Å². The molecule has 2 rings (SSSR count). The highest BCUT2D eigenvalue weighted by Gasteiger charge is 2.42. The van der Waals surface area contributed by atoms with Gasteiger partial charge in [-0.2, -0.15) is 13.2 Å². The van der Waals surface area contributed by atoms with Crippen LogP contribution < -0.4 is 0 Å². The number of Topliss-reactive ketones (excluding diaryl/α,β-unsaturated/α-hetero) is 1. The van der Waals surface area contributed by atoms with Crippen molar-refractivity contribution >= 4 is 29.2 Å². The molecule has 0 fully saturated rings. The number of carbonyl (C=O) groups excluding carboxylic acids is 2. The number of cyclic esters (lactones) is 1. The van der Waals surface area contributed by atoms with Gasteiger partial charge in [0, 0.05) is 29.2 Å². The van der Waals surface area contributed by atoms with E-state index in [0.717, 1.165) is 6.08 Å². The van der Waals surface area contributed by atoms with Crippen LogP contribution >= 0.6 is 11.3 Å². The fourth-order valence-corrected chi connectivity index (χ4v) is 4.80. The van der Waals surface area contributed by atoms with Crippen LogP contribution in [0.3, 0.4) is 0 Å². The lowest BCUT2D eigenvalue weighted by Crippen LogP contribution is -2.45. The Morgan fingerprint density at radius 3 is 2.50 bits per heavy atom. The number of esters is 1. The molecular formula is C27H36F3NO6S. The summed E-state index contributed by atoms with van der Waals surface area (Å²) in [6, 6.07) is 0. The number of aliphatic hydroxyl groups excluding tert-OH is 3. The van der Waals surface area contributed by atoms with Crippen molar-refractivity contribution < 1.29 is 42.8 Å². The molecule has 0 saturated heterocycles. The third-order valence-corrected chi connectivity index (χ3v) is 7.73. The number of rotatable bonds is 3. The largest absolute Gasteiger partial charge is 0.457 e. The van der Waals surface area contributed by atoms with E-state index in [-0.39, 0.29) is 13.0 Å². The van der Waals surface area contributed by atoms with E-state index in [9.17, 15) is 38.1 Å². The van der Waals surface area contributed by atoms with E-state index in [4.69, 9.17) is 4.74 Å². The van der Waals surface area contributed by atoms with Crippen molar-refractivity contribution in [3.8, 4) is 0 Å². The minimum Gasteiger partial charge on any atom is -0.457 e. The lowest BCUT2D eigenvalue weighted by atomic mass is 9.73. The number of alkyl halides is 3. The average Bonchev–Trinajstić information content (AvgIpc) is 3.29. The summed E-state index contributed by atoms with van der Waals surface area (Å²) in [6.07, 6.45) is -4.45. The molecule has 2 heterocycles. The van der Waals surface area contributed by atoms with Crippen LogP contribution in [-0.2, 0) is 20.9 Å². The minimum atomic E-state index is -4.64. The smallest absolute Gasteiger partial charge is 0.412 e. The Kier molecular flexibility index (Phi) is 11.0. The zero-order valence-electron chi connectivity index (χ0n) is 22.2. The molecule has 0 aliphatic carbocycles. The molecular weight excluding hydrogens is 523 g/mol. The monoisotopic (exact) mass is 559 g/mol. The van der Waals surface area contributed by atoms with Crippen LogP contribution in [0.4, 0.5) is 13.2 Å². The molecule has 3 N–H and O–H groups in total. The molecule has 5 atom stereocenters. The van der Waals surface area contributed by atoms with Gasteiger partial charge in [-0.25, -0.2) is 4.98 Å². The van der Waals surface area contributed by atoms with Crippen LogP contribution in [0.1, 0.15) is 64.6 Å². The Balaban J connectivity index is 2.50. The highest BCUT2D eigenvalue weighted by Crippen LogP contribution is 2.33. The number of ketones is 1. The number of hydrogen-bond acceptors (Lipinski definition) is 8. The maximum Gasteiger partial charge on any atom is 0.412 e. The number of hydrogen-bond donors (Lipinski definition) is 3. The van der Waals surface area contributed by atoms with Crippen molar-refractivity contribution in [3.05, 3.63) is 45.5 Å². The molecule has 1 aromatic rings. The first-order valence-electron chi connectivity index (χ1n) is 12.3. The SMILES string of the molecule is CC(=Cc1csc(CO)n1)C1CC=C(C(F)(F)F)CC=C[C@H](C)[C@H](O)[C@@H](C)C(=O)C(C)(C)[C@@H](O)CC(=O)O1. The van der Waals surface area contributed by atoms with Gasteiger partial charge >= 0.3 is 12.1 Å². The predicted octanol–water partition coefficient (Wildman–Crippen LogP) is 4.77. The van der Waals surface area contributed by atoms with Crippen molar-refractivity contribution in [1.29, 1.82) is 0 Å². The topological polar surface area (TPSA) is 117 Å². The van der Waals surface area contributed by atoms with Gasteiger partial charge in [0.15, 0.2) is 0 Å². The Morgan fingerprint density at radius 2 is 1.92 bits per heavy atom. The van der Waals surface area contributed by atoms with Crippen molar-refractivity contribution in [1.82, 2.24) is 4.98 Å². The van der Waals surface area contributed by atoms with Gasteiger partial charge in [-0.1, -0.05) is 45.9 Å². The lowest BCUT2D eigenvalue weighted by molar-refractivity contribution is -0.154. The fourth-order valence-electron chi connectivity index (χ4n) is 4.19. The maximum absolute atomic E-state index is 13.8. The highest BCUT2D eigenvalue weighted by molar-refractivity contribution is 7.09. The second kappa shape index (κ2) is 13.1. The molecule has 1 aliphatic rings. The summed E-state index contributed by atoms with van der Waals surface area (Å²) in [4.78, 5) is 30.1. The summed E-state index contributed by atoms with van der Waals surface area (Å²) >= 11 is 1.21. The van der Waals surface area contributed by atoms with Gasteiger partial charge < -0.3 is 20.1 Å². The molecule has 0 radical (unpaired) electrons. The molecule has 1 unspecified atom stereocenters. The molecule has 0 bridgehead atoms. The molecule has 38 heavy (non-hydrogen) atoms. The summed E-state index contributed by atoms with van der Waals surface area (Å²) in [5, 5.41) is 32.8. The molecule has 212 valence electrons. The molecule has 1 aromatic heterocycles. The third kappa shape index (κ3) is 8.33. The van der Waals surface area contributed by atoms with Crippen LogP contribution in [0.25, 0.3) is 6.08 Å². The van der Waals surface area contributed by atoms with E-state index < -0.39 is 71.9 Å². The van der Waals surface area contributed by atoms with E-state index in [1.165, 1.54) is 44.3 Å². The van der Waals surface area contributed by atoms with Crippen LogP contribution in [0, 0.1) is 17.3 Å². The highest BCUT2D eigenvalue weighted by atomic mass is 32.1. The Bertz CT molecular complexity index is 1080. The first-order chi connectivity index (χ1) is 17.6. The van der Waals surface area contributed by atoms with Crippen molar-refractivity contribution in [2.45, 2.75) is 85.0 Å². The van der Waals surface area contributed by atoms with Crippen LogP contribution in [0.5, 0.6) is 0 Å². The first-order valence-corrected chi connectivity index (χ1v) is 13.2. The summed E-state index contributed by atoms with van der Waals surface area (Å²) < 4.78 is 46.8. The zero-order valence-corrected chi connectivity index (χ0v) is 23.0. The summed E-state index contributed by atoms with van der Waals surface area (Å²) in [6.45, 7) is 7.35. The Hall–Kier alpha value is -2.34. The Labute approximate surface area is 224 Å². The maximum atomic E-state index is 13.8. The van der Waals surface area contributed by atoms with Crippen molar-refractivity contribution in [2.24, 2.45) is 17.3 Å². The van der Waals surface area contributed by atoms with Gasteiger partial charge in [0.1, 0.15) is 16.9 Å². The van der Waals surface area contributed by atoms with Gasteiger partial charge in [-0.3, -0.25) is 9.59 Å². The summed E-state index contributed by atoms with van der Waals surface area (Å²) in [5.41, 5.74) is -1.38.